The van der Waals surface area contributed by atoms with Crippen LogP contribution >= 0.6 is 38.6 Å². The lowest BCUT2D eigenvalue weighted by atomic mass is 9.97. The molecule has 0 unspecified atom stereocenters. The molecule has 1 aromatic carbocycles. The first-order valence-electron chi connectivity index (χ1n) is 8.76. The number of aromatic nitrogens is 1. The molecule has 0 aliphatic carbocycles. The summed E-state index contributed by atoms with van der Waals surface area (Å²) in [5.74, 6) is 0.220. The molecule has 9 heteroatoms. The van der Waals surface area contributed by atoms with E-state index in [4.69, 9.17) is 4.98 Å². The zero-order valence-electron chi connectivity index (χ0n) is 14.7. The van der Waals surface area contributed by atoms with Crippen LogP contribution in [0.5, 0.6) is 0 Å². The third kappa shape index (κ3) is 4.01. The van der Waals surface area contributed by atoms with Gasteiger partial charge in [0.05, 0.1) is 20.5 Å². The van der Waals surface area contributed by atoms with Crippen molar-refractivity contribution >= 4 is 49.5 Å². The lowest BCUT2D eigenvalue weighted by molar-refractivity contribution is -0.380. The van der Waals surface area contributed by atoms with Crippen LogP contribution in [0.1, 0.15) is 33.4 Å². The Bertz CT molecular complexity index is 1020. The number of hydrogen-bond donors (Lipinski definition) is 0. The summed E-state index contributed by atoms with van der Waals surface area (Å²) in [6.45, 7) is 1.28. The van der Waals surface area contributed by atoms with Crippen LogP contribution < -0.4 is 0 Å². The highest BCUT2D eigenvalue weighted by Gasteiger charge is 2.28. The van der Waals surface area contributed by atoms with Crippen LogP contribution in [-0.2, 0) is 0 Å². The Balaban J connectivity index is 1.40. The van der Waals surface area contributed by atoms with Crippen LogP contribution in [-0.4, -0.2) is 33.8 Å². The molecular formula is C19H16BrN3O3S2. The summed E-state index contributed by atoms with van der Waals surface area (Å²) < 4.78 is 1.03. The highest BCUT2D eigenvalue weighted by Crippen LogP contribution is 2.34. The lowest BCUT2D eigenvalue weighted by Gasteiger charge is -2.30. The minimum atomic E-state index is -0.459. The summed E-state index contributed by atoms with van der Waals surface area (Å²) in [5, 5.41) is 14.0. The monoisotopic (exact) mass is 477 g/mol. The molecule has 0 bridgehead atoms. The average Bonchev–Trinajstić information content (AvgIpc) is 3.38. The predicted octanol–water partition coefficient (Wildman–Crippen LogP) is 5.56. The molecule has 1 saturated heterocycles. The molecule has 0 saturated carbocycles. The van der Waals surface area contributed by atoms with Gasteiger partial charge in [-0.05, 0) is 31.0 Å². The van der Waals surface area contributed by atoms with E-state index in [1.54, 1.807) is 22.3 Å². The van der Waals surface area contributed by atoms with E-state index >= 15 is 0 Å². The molecule has 1 aliphatic rings. The van der Waals surface area contributed by atoms with Crippen molar-refractivity contribution < 1.29 is 9.72 Å². The SMILES string of the molecule is O=C(c1ccc([N+](=O)[O-])s1)N1CCC(c2nc(-c3cccc(Br)c3)cs2)CC1. The second kappa shape index (κ2) is 8.10. The van der Waals surface area contributed by atoms with E-state index in [-0.39, 0.29) is 10.9 Å². The van der Waals surface area contributed by atoms with E-state index in [1.165, 1.54) is 6.07 Å². The van der Waals surface area contributed by atoms with Gasteiger partial charge in [0, 0.05) is 40.5 Å². The van der Waals surface area contributed by atoms with Crippen LogP contribution in [0.25, 0.3) is 11.3 Å². The van der Waals surface area contributed by atoms with Crippen molar-refractivity contribution in [3.8, 4) is 11.3 Å². The number of nitrogens with zero attached hydrogens (tertiary/aromatic N) is 3. The molecule has 3 heterocycles. The molecule has 1 fully saturated rings. The fraction of sp³-hybridized carbons (Fsp3) is 0.263. The number of likely N-dealkylation sites (tertiary alicyclic amines) is 1. The highest BCUT2D eigenvalue weighted by atomic mass is 79.9. The maximum absolute atomic E-state index is 12.6. The number of halogens is 1. The van der Waals surface area contributed by atoms with Crippen molar-refractivity contribution in [2.75, 3.05) is 13.1 Å². The minimum absolute atomic E-state index is 0.00102. The van der Waals surface area contributed by atoms with E-state index in [1.807, 2.05) is 18.2 Å². The Morgan fingerprint density at radius 2 is 2.04 bits per heavy atom. The Kier molecular flexibility index (Phi) is 5.56. The fourth-order valence-corrected chi connectivity index (χ4v) is 5.47. The van der Waals surface area contributed by atoms with Gasteiger partial charge >= 0.3 is 5.00 Å². The molecule has 0 spiro atoms. The standard InChI is InChI=1S/C19H16BrN3O3S2/c20-14-3-1-2-13(10-14)15-11-27-18(21-15)12-6-8-22(9-7-12)19(24)16-4-5-17(28-16)23(25)26/h1-5,10-12H,6-9H2. The Morgan fingerprint density at radius 3 is 2.71 bits per heavy atom. The van der Waals surface area contributed by atoms with Crippen molar-refractivity contribution in [2.45, 2.75) is 18.8 Å². The van der Waals surface area contributed by atoms with Crippen molar-refractivity contribution in [1.82, 2.24) is 9.88 Å². The van der Waals surface area contributed by atoms with Gasteiger partial charge in [-0.1, -0.05) is 39.4 Å². The van der Waals surface area contributed by atoms with Gasteiger partial charge in [-0.25, -0.2) is 4.98 Å². The first kappa shape index (κ1) is 19.2. The number of thiazole rings is 1. The highest BCUT2D eigenvalue weighted by molar-refractivity contribution is 9.10. The van der Waals surface area contributed by atoms with Gasteiger partial charge in [0.1, 0.15) is 0 Å². The van der Waals surface area contributed by atoms with E-state index in [0.29, 0.717) is 23.9 Å². The zero-order valence-corrected chi connectivity index (χ0v) is 17.9. The molecule has 0 radical (unpaired) electrons. The largest absolute Gasteiger partial charge is 0.338 e. The van der Waals surface area contributed by atoms with Gasteiger partial charge in [-0.2, -0.15) is 0 Å². The number of nitro groups is 1. The lowest BCUT2D eigenvalue weighted by Crippen LogP contribution is -2.37. The van der Waals surface area contributed by atoms with Gasteiger partial charge < -0.3 is 4.90 Å². The summed E-state index contributed by atoms with van der Waals surface area (Å²) in [6, 6.07) is 11.0. The zero-order chi connectivity index (χ0) is 19.7. The molecule has 28 heavy (non-hydrogen) atoms. The smallest absolute Gasteiger partial charge is 0.324 e. The second-order valence-corrected chi connectivity index (χ2v) is 9.41. The van der Waals surface area contributed by atoms with Gasteiger partial charge in [-0.3, -0.25) is 14.9 Å². The number of benzene rings is 1. The number of rotatable bonds is 4. The molecule has 0 atom stereocenters. The number of carbonyl (C=O) groups excluding carboxylic acids is 1. The van der Waals surface area contributed by atoms with Crippen LogP contribution in [0, 0.1) is 10.1 Å². The second-order valence-electron chi connectivity index (χ2n) is 6.54. The fourth-order valence-electron chi connectivity index (χ4n) is 3.28. The van der Waals surface area contributed by atoms with Crippen LogP contribution in [0.3, 0.4) is 0 Å². The Morgan fingerprint density at radius 1 is 1.25 bits per heavy atom. The number of piperidine rings is 1. The minimum Gasteiger partial charge on any atom is -0.338 e. The van der Waals surface area contributed by atoms with Crippen molar-refractivity contribution in [3.63, 3.8) is 0 Å². The molecule has 1 aliphatic heterocycles. The predicted molar refractivity (Wildman–Crippen MR) is 114 cm³/mol. The van der Waals surface area contributed by atoms with E-state index in [2.05, 4.69) is 27.4 Å². The van der Waals surface area contributed by atoms with Crippen molar-refractivity contribution in [2.24, 2.45) is 0 Å². The number of thiophene rings is 1. The van der Waals surface area contributed by atoms with Crippen molar-refractivity contribution in [3.05, 3.63) is 66.3 Å². The van der Waals surface area contributed by atoms with E-state index in [0.717, 1.165) is 44.9 Å². The van der Waals surface area contributed by atoms with Gasteiger partial charge in [0.25, 0.3) is 5.91 Å². The van der Waals surface area contributed by atoms with Crippen LogP contribution in [0.4, 0.5) is 5.00 Å². The van der Waals surface area contributed by atoms with Gasteiger partial charge in [0.15, 0.2) is 0 Å². The first-order chi connectivity index (χ1) is 13.5. The van der Waals surface area contributed by atoms with E-state index in [9.17, 15) is 14.9 Å². The molecule has 6 nitrogen and oxygen atoms in total. The van der Waals surface area contributed by atoms with Crippen LogP contribution in [0.2, 0.25) is 0 Å². The summed E-state index contributed by atoms with van der Waals surface area (Å²) in [5.41, 5.74) is 2.06. The molecule has 1 amide bonds. The third-order valence-electron chi connectivity index (χ3n) is 4.76. The summed E-state index contributed by atoms with van der Waals surface area (Å²) in [6.07, 6.45) is 1.70. The summed E-state index contributed by atoms with van der Waals surface area (Å²) >= 11 is 6.10. The topological polar surface area (TPSA) is 76.3 Å². The molecule has 144 valence electrons. The average molecular weight is 478 g/mol. The van der Waals surface area contributed by atoms with Crippen LogP contribution in [0.15, 0.2) is 46.3 Å². The van der Waals surface area contributed by atoms with Crippen molar-refractivity contribution in [1.29, 1.82) is 0 Å². The number of carbonyl (C=O) groups is 1. The first-order valence-corrected chi connectivity index (χ1v) is 11.2. The van der Waals surface area contributed by atoms with Gasteiger partial charge in [0.2, 0.25) is 0 Å². The van der Waals surface area contributed by atoms with E-state index < -0.39 is 4.92 Å². The number of amides is 1. The maximum atomic E-state index is 12.6. The maximum Gasteiger partial charge on any atom is 0.324 e. The quantitative estimate of drug-likeness (QED) is 0.363. The normalized spacial score (nSPS) is 15.0. The Labute approximate surface area is 178 Å². The summed E-state index contributed by atoms with van der Waals surface area (Å²) in [4.78, 5) is 30.0. The molecule has 4 rings (SSSR count). The number of hydrogen-bond acceptors (Lipinski definition) is 6. The molecular weight excluding hydrogens is 462 g/mol. The summed E-state index contributed by atoms with van der Waals surface area (Å²) in [7, 11) is 0. The molecule has 2 aromatic heterocycles. The van der Waals surface area contributed by atoms with Gasteiger partial charge in [-0.15, -0.1) is 11.3 Å². The molecule has 0 N–H and O–H groups in total. The third-order valence-corrected chi connectivity index (χ3v) is 7.28. The molecule has 3 aromatic rings. The Hall–Kier alpha value is -2.10.